The van der Waals surface area contributed by atoms with Gasteiger partial charge in [0.25, 0.3) is 0 Å². The van der Waals surface area contributed by atoms with Gasteiger partial charge < -0.3 is 15.1 Å². The van der Waals surface area contributed by atoms with Gasteiger partial charge in [-0.2, -0.15) is 0 Å². The lowest BCUT2D eigenvalue weighted by molar-refractivity contribution is -0.121. The second-order valence-electron chi connectivity index (χ2n) is 5.26. The highest BCUT2D eigenvalue weighted by Crippen LogP contribution is 2.17. The predicted molar refractivity (Wildman–Crippen MR) is 74.7 cm³/mol. The van der Waals surface area contributed by atoms with Crippen LogP contribution in [0.2, 0.25) is 0 Å². The van der Waals surface area contributed by atoms with E-state index in [1.807, 2.05) is 12.1 Å². The first-order valence-electron chi connectivity index (χ1n) is 7.37. The van der Waals surface area contributed by atoms with E-state index in [4.69, 9.17) is 4.42 Å². The molecule has 1 aliphatic rings. The largest absolute Gasteiger partial charge is 0.468 e. The Morgan fingerprint density at radius 2 is 2.05 bits per heavy atom. The van der Waals surface area contributed by atoms with Crippen molar-refractivity contribution in [3.63, 3.8) is 0 Å². The van der Waals surface area contributed by atoms with Gasteiger partial charge in [0, 0.05) is 19.0 Å². The summed E-state index contributed by atoms with van der Waals surface area (Å²) >= 11 is 0. The van der Waals surface area contributed by atoms with Crippen molar-refractivity contribution in [2.24, 2.45) is 0 Å². The van der Waals surface area contributed by atoms with Crippen molar-refractivity contribution in [2.75, 3.05) is 6.54 Å². The molecule has 2 N–H and O–H groups in total. The zero-order valence-corrected chi connectivity index (χ0v) is 11.5. The summed E-state index contributed by atoms with van der Waals surface area (Å²) in [4.78, 5) is 11.8. The first kappa shape index (κ1) is 14.1. The highest BCUT2D eigenvalue weighted by Gasteiger charge is 2.14. The third-order valence-corrected chi connectivity index (χ3v) is 3.63. The summed E-state index contributed by atoms with van der Waals surface area (Å²) in [5.74, 6) is 1.07. The molecule has 19 heavy (non-hydrogen) atoms. The van der Waals surface area contributed by atoms with Gasteiger partial charge in [-0.05, 0) is 25.0 Å². The lowest BCUT2D eigenvalue weighted by Gasteiger charge is -2.16. The fourth-order valence-electron chi connectivity index (χ4n) is 2.55. The summed E-state index contributed by atoms with van der Waals surface area (Å²) < 4.78 is 5.21. The molecule has 0 atom stereocenters. The van der Waals surface area contributed by atoms with Crippen molar-refractivity contribution in [3.05, 3.63) is 24.2 Å². The number of hydrogen-bond acceptors (Lipinski definition) is 3. The van der Waals surface area contributed by atoms with Crippen LogP contribution in [0.15, 0.2) is 22.8 Å². The number of hydrogen-bond donors (Lipinski definition) is 2. The van der Waals surface area contributed by atoms with Gasteiger partial charge in [-0.25, -0.2) is 0 Å². The van der Waals surface area contributed by atoms with Crippen LogP contribution in [0.25, 0.3) is 0 Å². The number of nitrogens with one attached hydrogen (secondary N) is 2. The first-order chi connectivity index (χ1) is 9.34. The summed E-state index contributed by atoms with van der Waals surface area (Å²) in [6.07, 6.45) is 9.63. The quantitative estimate of drug-likeness (QED) is 0.613. The lowest BCUT2D eigenvalue weighted by Crippen LogP contribution is -2.35. The number of rotatable bonds is 6. The zero-order valence-electron chi connectivity index (χ0n) is 11.5. The Hall–Kier alpha value is -1.29. The van der Waals surface area contributed by atoms with Crippen molar-refractivity contribution in [3.8, 4) is 0 Å². The molecule has 1 aromatic heterocycles. The topological polar surface area (TPSA) is 54.3 Å². The molecule has 1 heterocycles. The summed E-state index contributed by atoms with van der Waals surface area (Å²) in [5, 5.41) is 6.36. The van der Waals surface area contributed by atoms with E-state index in [0.29, 0.717) is 25.6 Å². The molecule has 1 saturated carbocycles. The molecule has 1 aliphatic carbocycles. The van der Waals surface area contributed by atoms with Gasteiger partial charge in [0.15, 0.2) is 0 Å². The number of carbonyl (C=O) groups is 1. The van der Waals surface area contributed by atoms with Crippen molar-refractivity contribution in [1.82, 2.24) is 10.6 Å². The van der Waals surface area contributed by atoms with Crippen LogP contribution >= 0.6 is 0 Å². The van der Waals surface area contributed by atoms with Gasteiger partial charge in [-0.15, -0.1) is 0 Å². The van der Waals surface area contributed by atoms with Crippen LogP contribution in [0.4, 0.5) is 0 Å². The minimum atomic E-state index is 0.166. The minimum Gasteiger partial charge on any atom is -0.468 e. The van der Waals surface area contributed by atoms with Gasteiger partial charge >= 0.3 is 0 Å². The van der Waals surface area contributed by atoms with Crippen molar-refractivity contribution >= 4 is 5.91 Å². The van der Waals surface area contributed by atoms with Crippen LogP contribution in [0.5, 0.6) is 0 Å². The summed E-state index contributed by atoms with van der Waals surface area (Å²) in [6, 6.07) is 4.20. The normalized spacial score (nSPS) is 17.1. The highest BCUT2D eigenvalue weighted by molar-refractivity contribution is 5.76. The molecule has 2 rings (SSSR count). The SMILES string of the molecule is O=C(CCNCc1ccco1)NC1CCCCCC1. The van der Waals surface area contributed by atoms with Gasteiger partial charge in [0.1, 0.15) is 5.76 Å². The third-order valence-electron chi connectivity index (χ3n) is 3.63. The zero-order chi connectivity index (χ0) is 13.3. The van der Waals surface area contributed by atoms with E-state index < -0.39 is 0 Å². The maximum absolute atomic E-state index is 11.8. The van der Waals surface area contributed by atoms with E-state index >= 15 is 0 Å². The van der Waals surface area contributed by atoms with Crippen LogP contribution in [0.3, 0.4) is 0 Å². The molecule has 4 nitrogen and oxygen atoms in total. The predicted octanol–water partition coefficient (Wildman–Crippen LogP) is 2.60. The molecule has 1 fully saturated rings. The van der Waals surface area contributed by atoms with Crippen LogP contribution in [0, 0.1) is 0 Å². The molecule has 0 spiro atoms. The van der Waals surface area contributed by atoms with Gasteiger partial charge in [-0.3, -0.25) is 4.79 Å². The Balaban J connectivity index is 1.56. The molecule has 106 valence electrons. The number of furan rings is 1. The molecule has 0 unspecified atom stereocenters. The molecule has 0 radical (unpaired) electrons. The third kappa shape index (κ3) is 5.47. The van der Waals surface area contributed by atoms with Crippen molar-refractivity contribution < 1.29 is 9.21 Å². The second kappa shape index (κ2) is 8.00. The standard InChI is InChI=1S/C15H24N2O2/c18-15(17-13-6-3-1-2-4-7-13)9-10-16-12-14-8-5-11-19-14/h5,8,11,13,16H,1-4,6-7,9-10,12H2,(H,17,18). The van der Waals surface area contributed by atoms with Crippen LogP contribution in [-0.2, 0) is 11.3 Å². The Morgan fingerprint density at radius 1 is 1.26 bits per heavy atom. The Labute approximate surface area is 114 Å². The minimum absolute atomic E-state index is 0.166. The molecule has 1 amide bonds. The molecule has 0 bridgehead atoms. The Kier molecular flexibility index (Phi) is 5.95. The Bertz CT molecular complexity index is 354. The maximum atomic E-state index is 11.8. The van der Waals surface area contributed by atoms with Crippen LogP contribution in [-0.4, -0.2) is 18.5 Å². The van der Waals surface area contributed by atoms with E-state index in [2.05, 4.69) is 10.6 Å². The highest BCUT2D eigenvalue weighted by atomic mass is 16.3. The molecule has 1 aromatic rings. The summed E-state index contributed by atoms with van der Waals surface area (Å²) in [6.45, 7) is 1.38. The van der Waals surface area contributed by atoms with E-state index in [0.717, 1.165) is 18.6 Å². The lowest BCUT2D eigenvalue weighted by atomic mass is 10.1. The second-order valence-corrected chi connectivity index (χ2v) is 5.26. The van der Waals surface area contributed by atoms with Gasteiger partial charge in [0.2, 0.25) is 5.91 Å². The van der Waals surface area contributed by atoms with Gasteiger partial charge in [-0.1, -0.05) is 25.7 Å². The average Bonchev–Trinajstić information content (AvgIpc) is 2.79. The molecular formula is C15H24N2O2. The monoisotopic (exact) mass is 264 g/mol. The first-order valence-corrected chi connectivity index (χ1v) is 7.37. The maximum Gasteiger partial charge on any atom is 0.221 e. The molecule has 0 saturated heterocycles. The molecule has 0 aliphatic heterocycles. The number of carbonyl (C=O) groups excluding carboxylic acids is 1. The average molecular weight is 264 g/mol. The fourth-order valence-corrected chi connectivity index (χ4v) is 2.55. The smallest absolute Gasteiger partial charge is 0.221 e. The molecule has 0 aromatic carbocycles. The number of amides is 1. The van der Waals surface area contributed by atoms with Crippen LogP contribution < -0.4 is 10.6 Å². The Morgan fingerprint density at radius 3 is 2.74 bits per heavy atom. The van der Waals surface area contributed by atoms with E-state index in [1.54, 1.807) is 6.26 Å². The summed E-state index contributed by atoms with van der Waals surface area (Å²) in [7, 11) is 0. The van der Waals surface area contributed by atoms with E-state index in [9.17, 15) is 4.79 Å². The molecular weight excluding hydrogens is 240 g/mol. The van der Waals surface area contributed by atoms with Crippen molar-refractivity contribution in [1.29, 1.82) is 0 Å². The van der Waals surface area contributed by atoms with Crippen molar-refractivity contribution in [2.45, 2.75) is 57.5 Å². The fraction of sp³-hybridized carbons (Fsp3) is 0.667. The van der Waals surface area contributed by atoms with Gasteiger partial charge in [0.05, 0.1) is 12.8 Å². The van der Waals surface area contributed by atoms with Crippen LogP contribution in [0.1, 0.15) is 50.7 Å². The van der Waals surface area contributed by atoms with E-state index in [-0.39, 0.29) is 5.91 Å². The molecule has 4 heteroatoms. The summed E-state index contributed by atoms with van der Waals surface area (Å²) in [5.41, 5.74) is 0. The van der Waals surface area contributed by atoms with E-state index in [1.165, 1.54) is 25.7 Å².